The summed E-state index contributed by atoms with van der Waals surface area (Å²) in [6.07, 6.45) is 7.64. The molecule has 5 unspecified atom stereocenters. The van der Waals surface area contributed by atoms with E-state index in [4.69, 9.17) is 19.9 Å². The first-order valence-electron chi connectivity index (χ1n) is 19.1. The number of likely N-dealkylation sites (N-methyl/N-ethyl adjacent to an activating group) is 1. The van der Waals surface area contributed by atoms with E-state index in [-0.39, 0.29) is 29.9 Å². The molecule has 5 N–H and O–H groups in total. The zero-order valence-electron chi connectivity index (χ0n) is 31.5. The number of anilines is 1. The van der Waals surface area contributed by atoms with Crippen LogP contribution >= 0.6 is 0 Å². The van der Waals surface area contributed by atoms with Gasteiger partial charge in [0.15, 0.2) is 0 Å². The monoisotopic (exact) mass is 728 g/mol. The molecule has 1 spiro atoms. The molecule has 53 heavy (non-hydrogen) atoms. The van der Waals surface area contributed by atoms with Gasteiger partial charge in [0, 0.05) is 42.9 Å². The second-order valence-corrected chi connectivity index (χ2v) is 16.3. The zero-order valence-corrected chi connectivity index (χ0v) is 31.5. The average Bonchev–Trinajstić information content (AvgIpc) is 3.86. The molecule has 1 aromatic heterocycles. The second-order valence-electron chi connectivity index (χ2n) is 16.3. The lowest BCUT2D eigenvalue weighted by molar-refractivity contribution is -0.197. The lowest BCUT2D eigenvalue weighted by Crippen LogP contribution is -2.68. The van der Waals surface area contributed by atoms with Crippen LogP contribution in [0.3, 0.4) is 0 Å². The summed E-state index contributed by atoms with van der Waals surface area (Å²) in [4.78, 5) is 27.5. The van der Waals surface area contributed by atoms with Gasteiger partial charge in [-0.1, -0.05) is 44.2 Å². The Morgan fingerprint density at radius 1 is 1.19 bits per heavy atom. The third kappa shape index (κ3) is 7.42. The lowest BCUT2D eigenvalue weighted by atomic mass is 9.43. The van der Waals surface area contributed by atoms with E-state index in [0.717, 1.165) is 43.6 Å². The molecular weight excluding hydrogens is 672 g/mol. The Morgan fingerprint density at radius 3 is 2.60 bits per heavy atom. The van der Waals surface area contributed by atoms with Crippen LogP contribution in [0.2, 0.25) is 0 Å². The molecule has 3 aliphatic heterocycles. The van der Waals surface area contributed by atoms with Gasteiger partial charge in [0.1, 0.15) is 23.0 Å². The number of hydrogen-bond acceptors (Lipinski definition) is 11. The summed E-state index contributed by atoms with van der Waals surface area (Å²) in [5.74, 6) is 1.25. The van der Waals surface area contributed by atoms with Crippen molar-refractivity contribution in [2.75, 3.05) is 72.0 Å². The highest BCUT2D eigenvalue weighted by molar-refractivity contribution is 5.98. The predicted octanol–water partition coefficient (Wildman–Crippen LogP) is 3.31. The minimum Gasteiger partial charge on any atom is -0.423 e. The number of aliphatic hydroxyl groups excluding tert-OH is 2. The van der Waals surface area contributed by atoms with E-state index in [1.165, 1.54) is 0 Å². The number of amidine groups is 1. The zero-order chi connectivity index (χ0) is 37.4. The number of pyridine rings is 1. The fourth-order valence-electron chi connectivity index (χ4n) is 9.84. The van der Waals surface area contributed by atoms with Crippen LogP contribution in [-0.4, -0.2) is 127 Å². The third-order valence-corrected chi connectivity index (χ3v) is 12.9. The van der Waals surface area contributed by atoms with Crippen LogP contribution in [0.4, 0.5) is 5.82 Å². The Bertz CT molecular complexity index is 1700. The van der Waals surface area contributed by atoms with Gasteiger partial charge in [-0.05, 0) is 86.9 Å². The van der Waals surface area contributed by atoms with Gasteiger partial charge in [0.05, 0.1) is 50.7 Å². The van der Waals surface area contributed by atoms with E-state index in [1.54, 1.807) is 6.20 Å². The molecule has 0 amide bonds. The van der Waals surface area contributed by atoms with Crippen molar-refractivity contribution in [2.45, 2.75) is 63.3 Å². The molecule has 8 atom stereocenters. The molecule has 2 saturated carbocycles. The maximum atomic E-state index is 13.8. The number of aliphatic imine (C=N–C) groups is 1. The van der Waals surface area contributed by atoms with E-state index < -0.39 is 29.1 Å². The number of ether oxygens (including phenoxy) is 3. The van der Waals surface area contributed by atoms with Gasteiger partial charge >= 0.3 is 5.97 Å². The summed E-state index contributed by atoms with van der Waals surface area (Å²) in [7, 11) is 4.00. The molecule has 7 rings (SSSR count). The van der Waals surface area contributed by atoms with E-state index in [9.17, 15) is 15.0 Å². The fraction of sp³-hybridized carbons (Fsp3) is 0.585. The van der Waals surface area contributed by atoms with Crippen molar-refractivity contribution in [1.82, 2.24) is 14.8 Å². The van der Waals surface area contributed by atoms with E-state index in [2.05, 4.69) is 38.9 Å². The quantitative estimate of drug-likeness (QED) is 0.110. The molecule has 0 radical (unpaired) electrons. The summed E-state index contributed by atoms with van der Waals surface area (Å²) in [5.41, 5.74) is 7.11. The van der Waals surface area contributed by atoms with Gasteiger partial charge < -0.3 is 40.4 Å². The predicted molar refractivity (Wildman–Crippen MR) is 204 cm³/mol. The lowest BCUT2D eigenvalue weighted by Gasteiger charge is -2.64. The number of rotatable bonds is 12. The van der Waals surface area contributed by atoms with Crippen molar-refractivity contribution in [3.63, 3.8) is 0 Å². The van der Waals surface area contributed by atoms with E-state index in [1.807, 2.05) is 68.7 Å². The Kier molecular flexibility index (Phi) is 10.8. The third-order valence-electron chi connectivity index (χ3n) is 12.9. The molecule has 2 saturated heterocycles. The van der Waals surface area contributed by atoms with Crippen LogP contribution < -0.4 is 11.1 Å². The average molecular weight is 729 g/mol. The number of benzene rings is 1. The number of epoxide rings is 1. The highest BCUT2D eigenvalue weighted by Crippen LogP contribution is 2.67. The Labute approximate surface area is 313 Å². The molecule has 12 nitrogen and oxygen atoms in total. The number of morpholine rings is 1. The van der Waals surface area contributed by atoms with Crippen LogP contribution in [0, 0.1) is 22.7 Å². The largest absolute Gasteiger partial charge is 0.423 e. The van der Waals surface area contributed by atoms with E-state index >= 15 is 0 Å². The number of carbonyl (C=O) groups excluding carboxylic acids is 1. The summed E-state index contributed by atoms with van der Waals surface area (Å²) in [5, 5.41) is 25.9. The number of nitrogens with one attached hydrogen (secondary N) is 1. The number of hydrogen-bond donors (Lipinski definition) is 4. The van der Waals surface area contributed by atoms with Crippen molar-refractivity contribution in [2.24, 2.45) is 33.4 Å². The number of cyclic esters (lactones) is 1. The van der Waals surface area contributed by atoms with Crippen molar-refractivity contribution in [3.05, 3.63) is 77.2 Å². The smallest absolute Gasteiger partial charge is 0.341 e. The molecule has 4 heterocycles. The van der Waals surface area contributed by atoms with Crippen molar-refractivity contribution in [1.29, 1.82) is 0 Å². The molecule has 4 fully saturated rings. The van der Waals surface area contributed by atoms with Gasteiger partial charge in [-0.2, -0.15) is 0 Å². The molecule has 5 aliphatic rings. The SMILES string of the molecule is CN(C)CCN=C(N)c1ccc(/C=C2\C=C(C(CC3C4(CO4)C(N4CCOCC4)CC4[C@]3(C)CC[C@@H](O)[C@@]4(C)CO)Nc3ccccn3)C(=O)O2)cc1. The minimum atomic E-state index is -0.671. The number of nitrogens with two attached hydrogens (primary N) is 1. The van der Waals surface area contributed by atoms with Gasteiger partial charge in [-0.25, -0.2) is 9.78 Å². The van der Waals surface area contributed by atoms with Crippen LogP contribution in [0.1, 0.15) is 50.7 Å². The molecule has 2 aliphatic carbocycles. The minimum absolute atomic E-state index is 0.000282. The summed E-state index contributed by atoms with van der Waals surface area (Å²) in [6, 6.07) is 13.1. The van der Waals surface area contributed by atoms with Crippen LogP contribution in [0.25, 0.3) is 6.08 Å². The summed E-state index contributed by atoms with van der Waals surface area (Å²) >= 11 is 0. The number of carbonyl (C=O) groups is 1. The fourth-order valence-corrected chi connectivity index (χ4v) is 9.84. The normalized spacial score (nSPS) is 34.5. The number of fused-ring (bicyclic) bond motifs is 1. The van der Waals surface area contributed by atoms with Gasteiger partial charge in [0.2, 0.25) is 0 Å². The van der Waals surface area contributed by atoms with Crippen molar-refractivity contribution < 1.29 is 29.2 Å². The summed E-state index contributed by atoms with van der Waals surface area (Å²) in [6.45, 7) is 9.29. The first-order valence-corrected chi connectivity index (χ1v) is 19.1. The van der Waals surface area contributed by atoms with E-state index in [0.29, 0.717) is 62.2 Å². The Balaban J connectivity index is 1.22. The Hall–Kier alpha value is -3.65. The number of esters is 1. The standard InChI is InChI=1S/C41H56N6O6/c1-39-13-12-35(49)40(2,25-48)32(39)24-34(47-17-19-51-20-18-47)41(26-52-41)33(39)23-31(45-36-7-5-6-14-43-36)30-22-29(53-38(30)50)21-27-8-10-28(11-9-27)37(42)44-15-16-46(3)4/h5-11,14,21-22,31-35,48-49H,12-13,15-20,23-26H2,1-4H3,(H2,42,44)(H,43,45)/b29-21+/t31?,32?,33?,34?,35-,39+,40+,41?/m1/s1. The molecule has 2 aromatic rings. The molecule has 0 bridgehead atoms. The maximum absolute atomic E-state index is 13.8. The first-order chi connectivity index (χ1) is 25.5. The number of nitrogens with zero attached hydrogens (tertiary/aromatic N) is 4. The number of aliphatic hydroxyl groups is 2. The summed E-state index contributed by atoms with van der Waals surface area (Å²) < 4.78 is 18.3. The molecule has 12 heteroatoms. The van der Waals surface area contributed by atoms with Gasteiger partial charge in [0.25, 0.3) is 0 Å². The maximum Gasteiger partial charge on any atom is 0.341 e. The topological polar surface area (TPSA) is 158 Å². The highest BCUT2D eigenvalue weighted by atomic mass is 16.6. The molecular formula is C41H56N6O6. The van der Waals surface area contributed by atoms with Crippen molar-refractivity contribution in [3.8, 4) is 0 Å². The first kappa shape index (κ1) is 37.7. The Morgan fingerprint density at radius 2 is 1.94 bits per heavy atom. The van der Waals surface area contributed by atoms with Gasteiger partial charge in [-0.15, -0.1) is 0 Å². The van der Waals surface area contributed by atoms with Gasteiger partial charge in [-0.3, -0.25) is 9.89 Å². The van der Waals surface area contributed by atoms with Crippen LogP contribution in [-0.2, 0) is 19.0 Å². The highest BCUT2D eigenvalue weighted by Gasteiger charge is 2.71. The molecule has 286 valence electrons. The van der Waals surface area contributed by atoms with Crippen molar-refractivity contribution >= 4 is 23.7 Å². The van der Waals surface area contributed by atoms with Crippen LogP contribution in [0.15, 0.2) is 71.1 Å². The second kappa shape index (κ2) is 15.2. The number of aromatic nitrogens is 1. The van der Waals surface area contributed by atoms with Crippen LogP contribution in [0.5, 0.6) is 0 Å². The number of allylic oxidation sites excluding steroid dienone is 1. The molecule has 1 aromatic carbocycles.